The van der Waals surface area contributed by atoms with E-state index in [2.05, 4.69) is 20.9 Å². The number of nitrogens with zero attached hydrogens (tertiary/aromatic N) is 1. The van der Waals surface area contributed by atoms with Gasteiger partial charge in [0.05, 0.1) is 10.6 Å². The van der Waals surface area contributed by atoms with E-state index < -0.39 is 0 Å². The monoisotopic (exact) mass is 322 g/mol. The quantitative estimate of drug-likeness (QED) is 0.671. The van der Waals surface area contributed by atoms with Gasteiger partial charge in [-0.05, 0) is 30.3 Å². The minimum absolute atomic E-state index is 0.469. The van der Waals surface area contributed by atoms with Crippen LogP contribution in [0.1, 0.15) is 0 Å². The van der Waals surface area contributed by atoms with Crippen LogP contribution in [-0.2, 0) is 0 Å². The maximum atomic E-state index is 6.05. The highest BCUT2D eigenvalue weighted by molar-refractivity contribution is 9.10. The van der Waals surface area contributed by atoms with E-state index in [4.69, 9.17) is 21.8 Å². The van der Waals surface area contributed by atoms with Gasteiger partial charge < -0.3 is 10.2 Å². The molecule has 0 spiro atoms. The minimum Gasteiger partial charge on any atom is -0.434 e. The molecule has 0 bridgehead atoms. The summed E-state index contributed by atoms with van der Waals surface area (Å²) in [7, 11) is 0. The maximum absolute atomic E-state index is 6.05. The molecule has 0 saturated heterocycles. The van der Waals surface area contributed by atoms with Gasteiger partial charge >= 0.3 is 0 Å². The summed E-state index contributed by atoms with van der Waals surface area (Å²) in [6.45, 7) is 0. The number of nitrogen functional groups attached to an aromatic ring is 1. The Morgan fingerprint density at radius 2 is 2.06 bits per heavy atom. The van der Waals surface area contributed by atoms with Gasteiger partial charge in [-0.25, -0.2) is 4.98 Å². The summed E-state index contributed by atoms with van der Waals surface area (Å²) in [6, 6.07) is 11.0. The average Bonchev–Trinajstić information content (AvgIpc) is 2.77. The largest absolute Gasteiger partial charge is 0.434 e. The number of anilines is 1. The Morgan fingerprint density at radius 1 is 1.22 bits per heavy atom. The predicted octanol–water partition coefficient (Wildman–Crippen LogP) is 4.49. The van der Waals surface area contributed by atoms with Gasteiger partial charge in [0.25, 0.3) is 0 Å². The fourth-order valence-corrected chi connectivity index (χ4v) is 2.31. The van der Waals surface area contributed by atoms with Crippen molar-refractivity contribution >= 4 is 44.3 Å². The van der Waals surface area contributed by atoms with Gasteiger partial charge in [-0.3, -0.25) is 0 Å². The van der Waals surface area contributed by atoms with E-state index in [0.717, 1.165) is 15.6 Å². The first-order valence-electron chi connectivity index (χ1n) is 5.25. The zero-order valence-corrected chi connectivity index (χ0v) is 11.5. The van der Waals surface area contributed by atoms with E-state index in [-0.39, 0.29) is 0 Å². The number of aromatic nitrogens is 1. The molecule has 0 aliphatic rings. The molecular weight excluding hydrogens is 316 g/mol. The summed E-state index contributed by atoms with van der Waals surface area (Å²) in [5, 5.41) is 0.541. The van der Waals surface area contributed by atoms with Crippen molar-refractivity contribution in [2.45, 2.75) is 0 Å². The lowest BCUT2D eigenvalue weighted by Gasteiger charge is -2.01. The molecule has 0 aliphatic heterocycles. The third-order valence-corrected chi connectivity index (χ3v) is 3.40. The van der Waals surface area contributed by atoms with Crippen molar-refractivity contribution < 1.29 is 4.42 Å². The molecule has 5 heteroatoms. The highest BCUT2D eigenvalue weighted by atomic mass is 79.9. The molecule has 3 rings (SSSR count). The number of benzene rings is 2. The first kappa shape index (κ1) is 11.6. The number of para-hydroxylation sites is 1. The van der Waals surface area contributed by atoms with E-state index in [0.29, 0.717) is 22.2 Å². The van der Waals surface area contributed by atoms with E-state index in [1.165, 1.54) is 0 Å². The van der Waals surface area contributed by atoms with Crippen LogP contribution in [0.4, 0.5) is 5.69 Å². The Labute approximate surface area is 117 Å². The number of oxazole rings is 1. The van der Waals surface area contributed by atoms with E-state index in [1.54, 1.807) is 12.1 Å². The molecule has 90 valence electrons. The minimum atomic E-state index is 0.469. The molecule has 2 aromatic carbocycles. The fraction of sp³-hybridized carbons (Fsp3) is 0. The molecule has 3 nitrogen and oxygen atoms in total. The normalized spacial score (nSPS) is 11.0. The molecular formula is C13H8BrClN2O. The van der Waals surface area contributed by atoms with Crippen LogP contribution in [0, 0.1) is 0 Å². The highest BCUT2D eigenvalue weighted by Crippen LogP contribution is 2.33. The first-order chi connectivity index (χ1) is 8.65. The Hall–Kier alpha value is -1.52. The summed E-state index contributed by atoms with van der Waals surface area (Å²) in [4.78, 5) is 4.39. The smallest absolute Gasteiger partial charge is 0.229 e. The van der Waals surface area contributed by atoms with Crippen LogP contribution in [0.5, 0.6) is 0 Å². The second kappa shape index (κ2) is 4.30. The van der Waals surface area contributed by atoms with Gasteiger partial charge in [0.2, 0.25) is 5.89 Å². The van der Waals surface area contributed by atoms with E-state index in [1.807, 2.05) is 24.3 Å². The Balaban J connectivity index is 2.26. The molecule has 0 aliphatic carbocycles. The van der Waals surface area contributed by atoms with Gasteiger partial charge in [-0.2, -0.15) is 0 Å². The second-order valence-electron chi connectivity index (χ2n) is 3.84. The van der Waals surface area contributed by atoms with Crippen LogP contribution in [-0.4, -0.2) is 4.98 Å². The highest BCUT2D eigenvalue weighted by Gasteiger charge is 2.13. The maximum Gasteiger partial charge on any atom is 0.229 e. The average molecular weight is 324 g/mol. The molecule has 0 unspecified atom stereocenters. The number of rotatable bonds is 1. The molecule has 0 saturated carbocycles. The van der Waals surface area contributed by atoms with Gasteiger partial charge in [0.15, 0.2) is 5.58 Å². The summed E-state index contributed by atoms with van der Waals surface area (Å²) in [5.74, 6) is 0.469. The summed E-state index contributed by atoms with van der Waals surface area (Å²) >= 11 is 9.46. The first-order valence-corrected chi connectivity index (χ1v) is 6.43. The topological polar surface area (TPSA) is 52.0 Å². The lowest BCUT2D eigenvalue weighted by atomic mass is 10.2. The van der Waals surface area contributed by atoms with Gasteiger partial charge in [0.1, 0.15) is 5.52 Å². The lowest BCUT2D eigenvalue weighted by Crippen LogP contribution is -1.89. The third-order valence-electron chi connectivity index (χ3n) is 2.61. The van der Waals surface area contributed by atoms with Crippen molar-refractivity contribution in [3.63, 3.8) is 0 Å². The molecule has 0 fully saturated rings. The van der Waals surface area contributed by atoms with E-state index >= 15 is 0 Å². The number of hydrogen-bond acceptors (Lipinski definition) is 3. The fourth-order valence-electron chi connectivity index (χ4n) is 1.74. The van der Waals surface area contributed by atoms with Crippen molar-refractivity contribution in [3.8, 4) is 11.5 Å². The zero-order valence-electron chi connectivity index (χ0n) is 9.15. The van der Waals surface area contributed by atoms with Crippen LogP contribution in [0.25, 0.3) is 22.6 Å². The van der Waals surface area contributed by atoms with Crippen molar-refractivity contribution in [2.24, 2.45) is 0 Å². The van der Waals surface area contributed by atoms with Gasteiger partial charge in [-0.15, -0.1) is 0 Å². The molecule has 0 amide bonds. The Bertz CT molecular complexity index is 739. The van der Waals surface area contributed by atoms with Gasteiger partial charge in [0, 0.05) is 10.2 Å². The summed E-state index contributed by atoms with van der Waals surface area (Å²) in [6.07, 6.45) is 0. The standard InChI is InChI=1S/C13H8BrClN2O/c14-7-4-5-10(16)8(6-7)13-17-11-3-1-2-9(15)12(11)18-13/h1-6H,16H2. The van der Waals surface area contributed by atoms with E-state index in [9.17, 15) is 0 Å². The lowest BCUT2D eigenvalue weighted by molar-refractivity contribution is 0.620. The SMILES string of the molecule is Nc1ccc(Br)cc1-c1nc2cccc(Cl)c2o1. The van der Waals surface area contributed by atoms with Crippen molar-refractivity contribution in [2.75, 3.05) is 5.73 Å². The third kappa shape index (κ3) is 1.87. The van der Waals surface area contributed by atoms with Crippen LogP contribution in [0.3, 0.4) is 0 Å². The molecule has 18 heavy (non-hydrogen) atoms. The second-order valence-corrected chi connectivity index (χ2v) is 5.16. The summed E-state index contributed by atoms with van der Waals surface area (Å²) in [5.41, 5.74) is 8.58. The van der Waals surface area contributed by atoms with Crippen LogP contribution in [0.2, 0.25) is 5.02 Å². The van der Waals surface area contributed by atoms with Crippen molar-refractivity contribution in [3.05, 3.63) is 45.9 Å². The molecule has 2 N–H and O–H groups in total. The molecule has 1 heterocycles. The molecule has 0 radical (unpaired) electrons. The van der Waals surface area contributed by atoms with Crippen molar-refractivity contribution in [1.29, 1.82) is 0 Å². The molecule has 1 aromatic heterocycles. The number of halogens is 2. The zero-order chi connectivity index (χ0) is 12.7. The number of hydrogen-bond donors (Lipinski definition) is 1. The molecule has 0 atom stereocenters. The predicted molar refractivity (Wildman–Crippen MR) is 76.6 cm³/mol. The number of fused-ring (bicyclic) bond motifs is 1. The van der Waals surface area contributed by atoms with Gasteiger partial charge in [-0.1, -0.05) is 33.6 Å². The number of nitrogens with two attached hydrogens (primary N) is 1. The molecule has 3 aromatic rings. The van der Waals surface area contributed by atoms with Crippen LogP contribution < -0.4 is 5.73 Å². The van der Waals surface area contributed by atoms with Crippen LogP contribution in [0.15, 0.2) is 45.3 Å². The summed E-state index contributed by atoms with van der Waals surface area (Å²) < 4.78 is 6.59. The Morgan fingerprint density at radius 3 is 2.83 bits per heavy atom. The van der Waals surface area contributed by atoms with Crippen molar-refractivity contribution in [1.82, 2.24) is 4.98 Å². The Kier molecular flexibility index (Phi) is 2.76. The van der Waals surface area contributed by atoms with Crippen LogP contribution >= 0.6 is 27.5 Å².